The van der Waals surface area contributed by atoms with Gasteiger partial charge in [0.1, 0.15) is 0 Å². The molecule has 2 aliphatic rings. The second kappa shape index (κ2) is 5.61. The van der Waals surface area contributed by atoms with Crippen LogP contribution < -0.4 is 15.0 Å². The number of halogens is 1. The minimum atomic E-state index is -0.392. The number of rotatable bonds is 3. The molecule has 3 heterocycles. The molecule has 24 heavy (non-hydrogen) atoms. The van der Waals surface area contributed by atoms with Crippen molar-refractivity contribution in [3.05, 3.63) is 30.1 Å². The molecule has 1 atom stereocenters. The first kappa shape index (κ1) is 15.2. The molecule has 5 nitrogen and oxygen atoms in total. The van der Waals surface area contributed by atoms with E-state index in [0.717, 1.165) is 31.0 Å². The fourth-order valence-electron chi connectivity index (χ4n) is 4.00. The van der Waals surface area contributed by atoms with Gasteiger partial charge >= 0.3 is 0 Å². The number of anilines is 2. The number of nitrogens with one attached hydrogen (secondary N) is 1. The number of aromatic nitrogens is 2. The topological polar surface area (TPSA) is 50.3 Å². The molecule has 0 aliphatic carbocycles. The number of para-hydroxylation sites is 1. The zero-order valence-electron chi connectivity index (χ0n) is 14.0. The molecule has 1 unspecified atom stereocenters. The Morgan fingerprint density at radius 2 is 2.25 bits per heavy atom. The number of nitrogens with zero attached hydrogens (tertiary/aromatic N) is 3. The highest BCUT2D eigenvalue weighted by Gasteiger charge is 2.43. The average molecular weight is 328 g/mol. The molecule has 1 saturated heterocycles. The van der Waals surface area contributed by atoms with Gasteiger partial charge in [0.25, 0.3) is 0 Å². The van der Waals surface area contributed by atoms with Gasteiger partial charge in [-0.3, -0.25) is 0 Å². The summed E-state index contributed by atoms with van der Waals surface area (Å²) in [5, 5.41) is 12.1. The maximum absolute atomic E-state index is 14.0. The van der Waals surface area contributed by atoms with Crippen molar-refractivity contribution in [2.24, 2.45) is 0 Å². The SMILES string of the molecule is CCC12CCCN1c1cc(-c3cccc(F)c3OC)nnc1NC2. The van der Waals surface area contributed by atoms with Gasteiger partial charge in [-0.1, -0.05) is 13.0 Å². The van der Waals surface area contributed by atoms with Crippen molar-refractivity contribution in [1.82, 2.24) is 10.2 Å². The molecule has 0 spiro atoms. The van der Waals surface area contributed by atoms with Gasteiger partial charge in [0.05, 0.1) is 24.0 Å². The smallest absolute Gasteiger partial charge is 0.172 e. The van der Waals surface area contributed by atoms with Crippen molar-refractivity contribution >= 4 is 11.5 Å². The van der Waals surface area contributed by atoms with Gasteiger partial charge in [0, 0.05) is 18.7 Å². The highest BCUT2D eigenvalue weighted by molar-refractivity contribution is 5.77. The van der Waals surface area contributed by atoms with Crippen LogP contribution in [-0.4, -0.2) is 35.9 Å². The average Bonchev–Trinajstić information content (AvgIpc) is 3.06. The van der Waals surface area contributed by atoms with Crippen LogP contribution in [0.4, 0.5) is 15.9 Å². The van der Waals surface area contributed by atoms with E-state index in [-0.39, 0.29) is 11.3 Å². The zero-order chi connectivity index (χ0) is 16.7. The normalized spacial score (nSPS) is 21.9. The third-order valence-electron chi connectivity index (χ3n) is 5.35. The van der Waals surface area contributed by atoms with E-state index >= 15 is 0 Å². The van der Waals surface area contributed by atoms with Gasteiger partial charge in [-0.15, -0.1) is 10.2 Å². The minimum Gasteiger partial charge on any atom is -0.493 e. The fraction of sp³-hybridized carbons (Fsp3) is 0.444. The Balaban J connectivity index is 1.82. The van der Waals surface area contributed by atoms with E-state index in [1.807, 2.05) is 12.1 Å². The van der Waals surface area contributed by atoms with Gasteiger partial charge in [-0.05, 0) is 37.5 Å². The number of methoxy groups -OCH3 is 1. The highest BCUT2D eigenvalue weighted by Crippen LogP contribution is 2.44. The summed E-state index contributed by atoms with van der Waals surface area (Å²) in [6, 6.07) is 6.87. The number of ether oxygens (including phenoxy) is 1. The molecule has 4 rings (SSSR count). The van der Waals surface area contributed by atoms with E-state index in [4.69, 9.17) is 4.74 Å². The first-order valence-corrected chi connectivity index (χ1v) is 8.40. The van der Waals surface area contributed by atoms with Crippen LogP contribution in [0.15, 0.2) is 24.3 Å². The Kier molecular flexibility index (Phi) is 3.55. The van der Waals surface area contributed by atoms with Crippen LogP contribution in [0, 0.1) is 5.82 Å². The van der Waals surface area contributed by atoms with Crippen molar-refractivity contribution in [3.63, 3.8) is 0 Å². The minimum absolute atomic E-state index is 0.152. The molecule has 0 saturated carbocycles. The van der Waals surface area contributed by atoms with Crippen molar-refractivity contribution in [3.8, 4) is 17.0 Å². The Labute approximate surface area is 140 Å². The number of hydrogen-bond donors (Lipinski definition) is 1. The summed E-state index contributed by atoms with van der Waals surface area (Å²) < 4.78 is 19.2. The fourth-order valence-corrected chi connectivity index (χ4v) is 4.00. The van der Waals surface area contributed by atoms with E-state index < -0.39 is 5.82 Å². The lowest BCUT2D eigenvalue weighted by molar-refractivity contribution is 0.388. The van der Waals surface area contributed by atoms with Crippen LogP contribution in [-0.2, 0) is 0 Å². The van der Waals surface area contributed by atoms with Crippen molar-refractivity contribution in [2.75, 3.05) is 30.4 Å². The second-order valence-electron chi connectivity index (χ2n) is 6.47. The first-order valence-electron chi connectivity index (χ1n) is 8.40. The summed E-state index contributed by atoms with van der Waals surface area (Å²) in [5.41, 5.74) is 2.46. The number of fused-ring (bicyclic) bond motifs is 3. The molecule has 1 aromatic heterocycles. The monoisotopic (exact) mass is 328 g/mol. The molecule has 6 heteroatoms. The summed E-state index contributed by atoms with van der Waals surface area (Å²) in [7, 11) is 1.47. The predicted octanol–water partition coefficient (Wildman–Crippen LogP) is 3.47. The third-order valence-corrected chi connectivity index (χ3v) is 5.35. The molecule has 2 aliphatic heterocycles. The van der Waals surface area contributed by atoms with E-state index in [9.17, 15) is 4.39 Å². The highest BCUT2D eigenvalue weighted by atomic mass is 19.1. The van der Waals surface area contributed by atoms with Crippen LogP contribution in [0.25, 0.3) is 11.3 Å². The van der Waals surface area contributed by atoms with E-state index in [1.54, 1.807) is 6.07 Å². The van der Waals surface area contributed by atoms with Crippen LogP contribution in [0.2, 0.25) is 0 Å². The largest absolute Gasteiger partial charge is 0.493 e. The molecular weight excluding hydrogens is 307 g/mol. The van der Waals surface area contributed by atoms with E-state index in [2.05, 4.69) is 27.3 Å². The maximum atomic E-state index is 14.0. The lowest BCUT2D eigenvalue weighted by Gasteiger charge is -2.44. The molecule has 1 N–H and O–H groups in total. The lowest BCUT2D eigenvalue weighted by Crippen LogP contribution is -2.52. The molecule has 0 bridgehead atoms. The van der Waals surface area contributed by atoms with Crippen LogP contribution in [0.5, 0.6) is 5.75 Å². The Morgan fingerprint density at radius 3 is 3.04 bits per heavy atom. The summed E-state index contributed by atoms with van der Waals surface area (Å²) in [4.78, 5) is 2.45. The third kappa shape index (κ3) is 2.12. The van der Waals surface area contributed by atoms with Crippen molar-refractivity contribution in [1.29, 1.82) is 0 Å². The quantitative estimate of drug-likeness (QED) is 0.935. The first-order chi connectivity index (χ1) is 11.7. The van der Waals surface area contributed by atoms with E-state index in [1.165, 1.54) is 26.0 Å². The van der Waals surface area contributed by atoms with Gasteiger partial charge < -0.3 is 15.0 Å². The van der Waals surface area contributed by atoms with Gasteiger partial charge in [0.2, 0.25) is 0 Å². The van der Waals surface area contributed by atoms with Crippen molar-refractivity contribution in [2.45, 2.75) is 31.7 Å². The van der Waals surface area contributed by atoms with Gasteiger partial charge in [0.15, 0.2) is 17.4 Å². The van der Waals surface area contributed by atoms with Crippen LogP contribution in [0.3, 0.4) is 0 Å². The van der Waals surface area contributed by atoms with Gasteiger partial charge in [-0.25, -0.2) is 4.39 Å². The van der Waals surface area contributed by atoms with Crippen LogP contribution in [0.1, 0.15) is 26.2 Å². The molecule has 0 amide bonds. The molecule has 1 aromatic carbocycles. The summed E-state index contributed by atoms with van der Waals surface area (Å²) >= 11 is 0. The standard InChI is InChI=1S/C18H21FN4O/c1-3-18-8-5-9-23(18)15-10-14(21-22-17(15)20-11-18)12-6-4-7-13(19)16(12)24-2/h4,6-7,10H,3,5,8-9,11H2,1-2H3,(H,20,22). The second-order valence-corrected chi connectivity index (χ2v) is 6.47. The number of hydrogen-bond acceptors (Lipinski definition) is 5. The molecule has 1 fully saturated rings. The Hall–Kier alpha value is -2.37. The summed E-state index contributed by atoms with van der Waals surface area (Å²) in [6.45, 7) is 4.15. The van der Waals surface area contributed by atoms with Crippen molar-refractivity contribution < 1.29 is 9.13 Å². The Bertz CT molecular complexity index is 782. The molecular formula is C18H21FN4O. The predicted molar refractivity (Wildman–Crippen MR) is 92.1 cm³/mol. The lowest BCUT2D eigenvalue weighted by atomic mass is 9.90. The molecule has 2 aromatic rings. The van der Waals surface area contributed by atoms with Crippen LogP contribution >= 0.6 is 0 Å². The summed E-state index contributed by atoms with van der Waals surface area (Å²) in [6.07, 6.45) is 3.44. The maximum Gasteiger partial charge on any atom is 0.172 e. The molecule has 0 radical (unpaired) electrons. The number of benzene rings is 1. The summed E-state index contributed by atoms with van der Waals surface area (Å²) in [5.74, 6) is 0.621. The van der Waals surface area contributed by atoms with Gasteiger partial charge in [-0.2, -0.15) is 0 Å². The molecule has 126 valence electrons. The van der Waals surface area contributed by atoms with E-state index in [0.29, 0.717) is 11.3 Å². The Morgan fingerprint density at radius 1 is 1.38 bits per heavy atom. The zero-order valence-corrected chi connectivity index (χ0v) is 14.0.